The van der Waals surface area contributed by atoms with Gasteiger partial charge in [0, 0.05) is 28.1 Å². The zero-order chi connectivity index (χ0) is 18.9. The molecule has 5 heteroatoms. The molecule has 5 aromatic rings. The molecule has 0 saturated carbocycles. The molecule has 0 unspecified atom stereocenters. The fourth-order valence-corrected chi connectivity index (χ4v) is 3.97. The Bertz CT molecular complexity index is 1250. The first-order valence-electron chi connectivity index (χ1n) is 9.26. The van der Waals surface area contributed by atoms with Crippen LogP contribution in [0.3, 0.4) is 0 Å². The van der Waals surface area contributed by atoms with Crippen molar-refractivity contribution < 1.29 is 0 Å². The van der Waals surface area contributed by atoms with E-state index in [2.05, 4.69) is 97.7 Å². The molecule has 4 nitrogen and oxygen atoms in total. The Morgan fingerprint density at radius 1 is 0.964 bits per heavy atom. The number of aromatic amines is 1. The van der Waals surface area contributed by atoms with E-state index in [-0.39, 0.29) is 0 Å². The van der Waals surface area contributed by atoms with Gasteiger partial charge in [0.1, 0.15) is 0 Å². The maximum absolute atomic E-state index is 4.84. The third-order valence-electron chi connectivity index (χ3n) is 5.00. The molecule has 5 rings (SSSR count). The van der Waals surface area contributed by atoms with Crippen molar-refractivity contribution in [3.05, 3.63) is 94.6 Å². The Labute approximate surface area is 171 Å². The number of imidazole rings is 1. The number of halogens is 1. The van der Waals surface area contributed by atoms with Gasteiger partial charge in [-0.25, -0.2) is 4.98 Å². The number of hydrogen-bond donors (Lipinski definition) is 2. The van der Waals surface area contributed by atoms with E-state index in [4.69, 9.17) is 4.98 Å². The Balaban J connectivity index is 1.49. The predicted molar refractivity (Wildman–Crippen MR) is 119 cm³/mol. The van der Waals surface area contributed by atoms with E-state index in [1.165, 1.54) is 16.5 Å². The largest absolute Gasteiger partial charge is 0.361 e. The van der Waals surface area contributed by atoms with Gasteiger partial charge in [-0.15, -0.1) is 0 Å². The summed E-state index contributed by atoms with van der Waals surface area (Å²) in [6.07, 6.45) is 2.06. The number of rotatable bonds is 5. The van der Waals surface area contributed by atoms with Crippen LogP contribution in [-0.2, 0) is 13.1 Å². The highest BCUT2D eigenvalue weighted by Crippen LogP contribution is 2.25. The van der Waals surface area contributed by atoms with Crippen LogP contribution in [0.2, 0.25) is 0 Å². The van der Waals surface area contributed by atoms with E-state index in [1.807, 2.05) is 12.1 Å². The van der Waals surface area contributed by atoms with Gasteiger partial charge in [0.25, 0.3) is 0 Å². The maximum Gasteiger partial charge on any atom is 0.204 e. The molecular formula is C23H19BrN4. The van der Waals surface area contributed by atoms with Crippen LogP contribution in [0, 0.1) is 0 Å². The molecule has 0 fully saturated rings. The lowest BCUT2D eigenvalue weighted by Gasteiger charge is -2.11. The van der Waals surface area contributed by atoms with Gasteiger partial charge >= 0.3 is 0 Å². The van der Waals surface area contributed by atoms with Crippen molar-refractivity contribution in [1.82, 2.24) is 14.5 Å². The fourth-order valence-electron chi connectivity index (χ4n) is 3.61. The molecule has 0 bridgehead atoms. The van der Waals surface area contributed by atoms with Crippen molar-refractivity contribution >= 4 is 43.8 Å². The van der Waals surface area contributed by atoms with Crippen molar-refractivity contribution in [1.29, 1.82) is 0 Å². The molecule has 0 aliphatic carbocycles. The van der Waals surface area contributed by atoms with Gasteiger partial charge in [0.05, 0.1) is 17.6 Å². The zero-order valence-corrected chi connectivity index (χ0v) is 16.8. The molecule has 2 aromatic heterocycles. The van der Waals surface area contributed by atoms with Crippen molar-refractivity contribution in [2.45, 2.75) is 13.1 Å². The predicted octanol–water partition coefficient (Wildman–Crippen LogP) is 5.94. The molecule has 0 spiro atoms. The number of H-pyrrole nitrogens is 1. The minimum absolute atomic E-state index is 0.703. The molecule has 0 radical (unpaired) electrons. The number of benzene rings is 3. The standard InChI is InChI=1S/C23H19BrN4/c24-18-10-11-20-19(12-18)17(13-25-20)14-26-23-27-21-8-4-5-9-22(21)28(23)15-16-6-2-1-3-7-16/h1-13,25H,14-15H2,(H,26,27). The molecule has 0 atom stereocenters. The summed E-state index contributed by atoms with van der Waals surface area (Å²) in [6, 6.07) is 25.1. The lowest BCUT2D eigenvalue weighted by Crippen LogP contribution is -2.08. The smallest absolute Gasteiger partial charge is 0.204 e. The molecule has 0 aliphatic rings. The van der Waals surface area contributed by atoms with Gasteiger partial charge < -0.3 is 14.9 Å². The van der Waals surface area contributed by atoms with Gasteiger partial charge in [0.15, 0.2) is 0 Å². The van der Waals surface area contributed by atoms with Gasteiger partial charge in [-0.1, -0.05) is 58.4 Å². The first-order chi connectivity index (χ1) is 13.8. The minimum atomic E-state index is 0.703. The summed E-state index contributed by atoms with van der Waals surface area (Å²) in [5.74, 6) is 0.884. The van der Waals surface area contributed by atoms with E-state index < -0.39 is 0 Å². The zero-order valence-electron chi connectivity index (χ0n) is 15.2. The second kappa shape index (κ2) is 7.17. The maximum atomic E-state index is 4.84. The number of aromatic nitrogens is 3. The van der Waals surface area contributed by atoms with Crippen LogP contribution < -0.4 is 5.32 Å². The first-order valence-corrected chi connectivity index (χ1v) is 10.1. The summed E-state index contributed by atoms with van der Waals surface area (Å²) < 4.78 is 3.33. The summed E-state index contributed by atoms with van der Waals surface area (Å²) >= 11 is 3.57. The Morgan fingerprint density at radius 3 is 2.68 bits per heavy atom. The highest BCUT2D eigenvalue weighted by atomic mass is 79.9. The molecule has 2 N–H and O–H groups in total. The fraction of sp³-hybridized carbons (Fsp3) is 0.0870. The van der Waals surface area contributed by atoms with Crippen molar-refractivity contribution in [3.8, 4) is 0 Å². The monoisotopic (exact) mass is 430 g/mol. The minimum Gasteiger partial charge on any atom is -0.361 e. The molecule has 2 heterocycles. The molecular weight excluding hydrogens is 412 g/mol. The highest BCUT2D eigenvalue weighted by molar-refractivity contribution is 9.10. The summed E-state index contributed by atoms with van der Waals surface area (Å²) in [6.45, 7) is 1.48. The molecule has 0 amide bonds. The topological polar surface area (TPSA) is 45.6 Å². The molecule has 0 saturated heterocycles. The average Bonchev–Trinajstić information content (AvgIpc) is 3.28. The van der Waals surface area contributed by atoms with Gasteiger partial charge in [-0.3, -0.25) is 0 Å². The summed E-state index contributed by atoms with van der Waals surface area (Å²) in [5.41, 5.74) is 5.75. The van der Waals surface area contributed by atoms with Crippen molar-refractivity contribution in [3.63, 3.8) is 0 Å². The molecule has 0 aliphatic heterocycles. The number of nitrogens with one attached hydrogen (secondary N) is 2. The van der Waals surface area contributed by atoms with Crippen LogP contribution in [0.25, 0.3) is 21.9 Å². The summed E-state index contributed by atoms with van der Waals surface area (Å²) in [4.78, 5) is 8.18. The van der Waals surface area contributed by atoms with E-state index in [9.17, 15) is 0 Å². The van der Waals surface area contributed by atoms with Crippen LogP contribution >= 0.6 is 15.9 Å². The van der Waals surface area contributed by atoms with Gasteiger partial charge in [0.2, 0.25) is 5.95 Å². The van der Waals surface area contributed by atoms with Crippen LogP contribution in [0.1, 0.15) is 11.1 Å². The van der Waals surface area contributed by atoms with Crippen LogP contribution in [-0.4, -0.2) is 14.5 Å². The molecule has 28 heavy (non-hydrogen) atoms. The Hall–Kier alpha value is -3.05. The average molecular weight is 431 g/mol. The van der Waals surface area contributed by atoms with Gasteiger partial charge in [-0.2, -0.15) is 0 Å². The van der Waals surface area contributed by atoms with Crippen LogP contribution in [0.4, 0.5) is 5.95 Å². The second-order valence-corrected chi connectivity index (χ2v) is 7.77. The van der Waals surface area contributed by atoms with Crippen molar-refractivity contribution in [2.75, 3.05) is 5.32 Å². The second-order valence-electron chi connectivity index (χ2n) is 6.85. The van der Waals surface area contributed by atoms with Crippen molar-refractivity contribution in [2.24, 2.45) is 0 Å². The van der Waals surface area contributed by atoms with E-state index in [0.29, 0.717) is 6.54 Å². The highest BCUT2D eigenvalue weighted by Gasteiger charge is 2.12. The summed E-state index contributed by atoms with van der Waals surface area (Å²) in [7, 11) is 0. The number of anilines is 1. The van der Waals surface area contributed by atoms with E-state index in [1.54, 1.807) is 0 Å². The number of hydrogen-bond acceptors (Lipinski definition) is 2. The Kier molecular flexibility index (Phi) is 4.37. The quantitative estimate of drug-likeness (QED) is 0.362. The van der Waals surface area contributed by atoms with Crippen LogP contribution in [0.5, 0.6) is 0 Å². The lowest BCUT2D eigenvalue weighted by atomic mass is 10.2. The first kappa shape index (κ1) is 17.1. The van der Waals surface area contributed by atoms with Gasteiger partial charge in [-0.05, 0) is 41.5 Å². The lowest BCUT2D eigenvalue weighted by molar-refractivity contribution is 0.823. The third-order valence-corrected chi connectivity index (χ3v) is 5.50. The third kappa shape index (κ3) is 3.18. The van der Waals surface area contributed by atoms with Crippen LogP contribution in [0.15, 0.2) is 83.5 Å². The SMILES string of the molecule is Brc1ccc2[nH]cc(CNc3nc4ccccc4n3Cc3ccccc3)c2c1. The number of para-hydroxylation sites is 2. The molecule has 138 valence electrons. The Morgan fingerprint density at radius 2 is 1.79 bits per heavy atom. The number of fused-ring (bicyclic) bond motifs is 2. The normalized spacial score (nSPS) is 11.3. The van der Waals surface area contributed by atoms with E-state index in [0.717, 1.165) is 33.5 Å². The number of nitrogens with zero attached hydrogens (tertiary/aromatic N) is 2. The summed E-state index contributed by atoms with van der Waals surface area (Å²) in [5, 5.41) is 4.77. The molecule has 3 aromatic carbocycles. The van der Waals surface area contributed by atoms with E-state index >= 15 is 0 Å².